The van der Waals surface area contributed by atoms with Crippen LogP contribution in [0.1, 0.15) is 0 Å². The molecule has 1 N–H and O–H groups in total. The standard InChI is InChI=1S/C11H15N3O5/c15-10(13-1-3-18-4-2-13)7-14-6-9(5-12-14)19-8-11(16)17/h5-6H,1-4,7-8H2,(H,16,17). The van der Waals surface area contributed by atoms with Gasteiger partial charge in [-0.1, -0.05) is 0 Å². The van der Waals surface area contributed by atoms with Crippen molar-refractivity contribution in [2.45, 2.75) is 6.54 Å². The van der Waals surface area contributed by atoms with Crippen LogP contribution in [0, 0.1) is 0 Å². The molecule has 0 bridgehead atoms. The Kier molecular flexibility index (Phi) is 4.35. The Labute approximate surface area is 109 Å². The van der Waals surface area contributed by atoms with E-state index in [-0.39, 0.29) is 12.5 Å². The zero-order valence-electron chi connectivity index (χ0n) is 10.3. The number of carboxylic acid groups (broad SMARTS) is 1. The molecule has 1 aliphatic rings. The zero-order valence-corrected chi connectivity index (χ0v) is 10.3. The zero-order chi connectivity index (χ0) is 13.7. The van der Waals surface area contributed by atoms with E-state index in [4.69, 9.17) is 14.6 Å². The quantitative estimate of drug-likeness (QED) is 0.752. The number of morpholine rings is 1. The summed E-state index contributed by atoms with van der Waals surface area (Å²) in [7, 11) is 0. The lowest BCUT2D eigenvalue weighted by atomic mass is 10.4. The fraction of sp³-hybridized carbons (Fsp3) is 0.545. The third kappa shape index (κ3) is 3.95. The Hall–Kier alpha value is -2.09. The molecular formula is C11H15N3O5. The molecule has 19 heavy (non-hydrogen) atoms. The summed E-state index contributed by atoms with van der Waals surface area (Å²) < 4.78 is 11.5. The highest BCUT2D eigenvalue weighted by Gasteiger charge is 2.17. The van der Waals surface area contributed by atoms with Crippen LogP contribution in [0.25, 0.3) is 0 Å². The summed E-state index contributed by atoms with van der Waals surface area (Å²) in [5.74, 6) is -0.773. The Morgan fingerprint density at radius 2 is 2.16 bits per heavy atom. The van der Waals surface area contributed by atoms with Crippen molar-refractivity contribution in [3.8, 4) is 5.75 Å². The Bertz CT molecular complexity index is 453. The molecule has 1 aromatic rings. The first kappa shape index (κ1) is 13.3. The van der Waals surface area contributed by atoms with Crippen molar-refractivity contribution < 1.29 is 24.2 Å². The summed E-state index contributed by atoms with van der Waals surface area (Å²) in [4.78, 5) is 24.0. The minimum Gasteiger partial charge on any atom is -0.479 e. The van der Waals surface area contributed by atoms with Gasteiger partial charge in [0.2, 0.25) is 5.91 Å². The molecule has 2 heterocycles. The fourth-order valence-corrected chi connectivity index (χ4v) is 1.70. The second kappa shape index (κ2) is 6.19. The van der Waals surface area contributed by atoms with Crippen molar-refractivity contribution in [2.24, 2.45) is 0 Å². The van der Waals surface area contributed by atoms with E-state index >= 15 is 0 Å². The van der Waals surface area contributed by atoms with E-state index in [0.29, 0.717) is 32.1 Å². The van der Waals surface area contributed by atoms with Gasteiger partial charge in [-0.25, -0.2) is 4.79 Å². The van der Waals surface area contributed by atoms with E-state index in [1.807, 2.05) is 0 Å². The minimum atomic E-state index is -1.06. The highest BCUT2D eigenvalue weighted by molar-refractivity contribution is 5.76. The first-order valence-corrected chi connectivity index (χ1v) is 5.88. The Morgan fingerprint density at radius 1 is 1.42 bits per heavy atom. The van der Waals surface area contributed by atoms with Gasteiger partial charge in [-0.15, -0.1) is 0 Å². The number of hydrogen-bond acceptors (Lipinski definition) is 5. The monoisotopic (exact) mass is 269 g/mol. The number of carbonyl (C=O) groups is 2. The molecule has 0 saturated carbocycles. The summed E-state index contributed by atoms with van der Waals surface area (Å²) in [5.41, 5.74) is 0. The van der Waals surface area contributed by atoms with Gasteiger partial charge in [-0.2, -0.15) is 5.10 Å². The summed E-state index contributed by atoms with van der Waals surface area (Å²) in [6, 6.07) is 0. The van der Waals surface area contributed by atoms with Gasteiger partial charge in [0.05, 0.1) is 25.6 Å². The maximum Gasteiger partial charge on any atom is 0.341 e. The predicted molar refractivity (Wildman–Crippen MR) is 62.8 cm³/mol. The third-order valence-corrected chi connectivity index (χ3v) is 2.63. The van der Waals surface area contributed by atoms with Gasteiger partial charge < -0.3 is 19.5 Å². The summed E-state index contributed by atoms with van der Waals surface area (Å²) >= 11 is 0. The van der Waals surface area contributed by atoms with E-state index < -0.39 is 12.6 Å². The lowest BCUT2D eigenvalue weighted by Gasteiger charge is -2.26. The van der Waals surface area contributed by atoms with Crippen LogP contribution in [-0.4, -0.2) is 64.6 Å². The number of amides is 1. The molecule has 0 aromatic carbocycles. The molecule has 104 valence electrons. The average molecular weight is 269 g/mol. The molecule has 1 saturated heterocycles. The van der Waals surface area contributed by atoms with Crippen LogP contribution in [0.5, 0.6) is 5.75 Å². The smallest absolute Gasteiger partial charge is 0.341 e. The van der Waals surface area contributed by atoms with E-state index in [9.17, 15) is 9.59 Å². The second-order valence-corrected chi connectivity index (χ2v) is 4.05. The predicted octanol–water partition coefficient (Wildman–Crippen LogP) is -0.795. The number of ether oxygens (including phenoxy) is 2. The maximum absolute atomic E-state index is 11.9. The molecule has 0 radical (unpaired) electrons. The van der Waals surface area contributed by atoms with Gasteiger partial charge in [0.25, 0.3) is 0 Å². The molecule has 0 spiro atoms. The van der Waals surface area contributed by atoms with E-state index in [0.717, 1.165) is 0 Å². The molecule has 1 amide bonds. The number of nitrogens with zero attached hydrogens (tertiary/aromatic N) is 3. The Balaban J connectivity index is 1.84. The van der Waals surface area contributed by atoms with Crippen LogP contribution in [0.4, 0.5) is 0 Å². The molecule has 0 atom stereocenters. The van der Waals surface area contributed by atoms with Crippen LogP contribution in [0.2, 0.25) is 0 Å². The number of hydrogen-bond donors (Lipinski definition) is 1. The van der Waals surface area contributed by atoms with Crippen LogP contribution >= 0.6 is 0 Å². The van der Waals surface area contributed by atoms with E-state index in [1.54, 1.807) is 4.90 Å². The highest BCUT2D eigenvalue weighted by atomic mass is 16.5. The van der Waals surface area contributed by atoms with E-state index in [1.165, 1.54) is 17.1 Å². The van der Waals surface area contributed by atoms with Crippen LogP contribution in [0.3, 0.4) is 0 Å². The number of rotatable bonds is 5. The minimum absolute atomic E-state index is 0.0452. The summed E-state index contributed by atoms with van der Waals surface area (Å²) in [5, 5.41) is 12.4. The number of carbonyl (C=O) groups excluding carboxylic acids is 1. The molecular weight excluding hydrogens is 254 g/mol. The second-order valence-electron chi connectivity index (χ2n) is 4.05. The van der Waals surface area contributed by atoms with Gasteiger partial charge in [-0.3, -0.25) is 9.48 Å². The normalized spacial score (nSPS) is 15.3. The molecule has 8 heteroatoms. The van der Waals surface area contributed by atoms with Crippen molar-refractivity contribution in [1.29, 1.82) is 0 Å². The van der Waals surface area contributed by atoms with Crippen LogP contribution in [-0.2, 0) is 20.9 Å². The van der Waals surface area contributed by atoms with Crippen LogP contribution < -0.4 is 4.74 Å². The first-order chi connectivity index (χ1) is 9.15. The van der Waals surface area contributed by atoms with E-state index in [2.05, 4.69) is 5.10 Å². The lowest BCUT2D eigenvalue weighted by Crippen LogP contribution is -2.42. The number of carboxylic acids is 1. The molecule has 1 aromatic heterocycles. The molecule has 0 aliphatic carbocycles. The van der Waals surface area contributed by atoms with Gasteiger partial charge in [0.15, 0.2) is 12.4 Å². The highest BCUT2D eigenvalue weighted by Crippen LogP contribution is 2.08. The number of aromatic nitrogens is 2. The number of aliphatic carboxylic acids is 1. The maximum atomic E-state index is 11.9. The van der Waals surface area contributed by atoms with Gasteiger partial charge in [0, 0.05) is 13.1 Å². The first-order valence-electron chi connectivity index (χ1n) is 5.88. The summed E-state index contributed by atoms with van der Waals surface area (Å²) in [6.45, 7) is 1.96. The van der Waals surface area contributed by atoms with Gasteiger partial charge in [0.1, 0.15) is 6.54 Å². The molecule has 0 unspecified atom stereocenters. The van der Waals surface area contributed by atoms with Crippen LogP contribution in [0.15, 0.2) is 12.4 Å². The molecule has 1 aliphatic heterocycles. The fourth-order valence-electron chi connectivity index (χ4n) is 1.70. The van der Waals surface area contributed by atoms with Crippen molar-refractivity contribution >= 4 is 11.9 Å². The molecule has 8 nitrogen and oxygen atoms in total. The SMILES string of the molecule is O=C(O)COc1cnn(CC(=O)N2CCOCC2)c1. The Morgan fingerprint density at radius 3 is 2.84 bits per heavy atom. The van der Waals surface area contributed by atoms with Crippen molar-refractivity contribution in [3.63, 3.8) is 0 Å². The van der Waals surface area contributed by atoms with Crippen molar-refractivity contribution in [2.75, 3.05) is 32.9 Å². The molecule has 1 fully saturated rings. The average Bonchev–Trinajstić information content (AvgIpc) is 2.85. The van der Waals surface area contributed by atoms with Gasteiger partial charge in [-0.05, 0) is 0 Å². The van der Waals surface area contributed by atoms with Gasteiger partial charge >= 0.3 is 5.97 Å². The topological polar surface area (TPSA) is 93.9 Å². The van der Waals surface area contributed by atoms with Crippen molar-refractivity contribution in [3.05, 3.63) is 12.4 Å². The largest absolute Gasteiger partial charge is 0.479 e. The van der Waals surface area contributed by atoms with Crippen molar-refractivity contribution in [1.82, 2.24) is 14.7 Å². The third-order valence-electron chi connectivity index (χ3n) is 2.63. The molecule has 2 rings (SSSR count). The lowest BCUT2D eigenvalue weighted by molar-refractivity contribution is -0.139. The summed E-state index contributed by atoms with van der Waals surface area (Å²) in [6.07, 6.45) is 2.89.